The van der Waals surface area contributed by atoms with Gasteiger partial charge < -0.3 is 5.32 Å². The van der Waals surface area contributed by atoms with Gasteiger partial charge in [0.1, 0.15) is 0 Å². The first-order chi connectivity index (χ1) is 10.1. The molecule has 0 atom stereocenters. The zero-order chi connectivity index (χ0) is 15.2. The number of hydrogen-bond acceptors (Lipinski definition) is 4. The van der Waals surface area contributed by atoms with Crippen molar-refractivity contribution < 1.29 is 0 Å². The summed E-state index contributed by atoms with van der Waals surface area (Å²) in [5.74, 6) is 1.30. The lowest BCUT2D eigenvalue weighted by Gasteiger charge is -2.08. The zero-order valence-corrected chi connectivity index (χ0v) is 13.4. The minimum Gasteiger partial charge on any atom is -0.312 e. The molecule has 0 bridgehead atoms. The van der Waals surface area contributed by atoms with Crippen molar-refractivity contribution in [1.29, 1.82) is 0 Å². The van der Waals surface area contributed by atoms with Crippen LogP contribution in [0.25, 0.3) is 5.95 Å². The first-order valence-electron chi connectivity index (χ1n) is 7.73. The van der Waals surface area contributed by atoms with Gasteiger partial charge >= 0.3 is 0 Å². The second-order valence-corrected chi connectivity index (χ2v) is 5.66. The Kier molecular flexibility index (Phi) is 5.44. The third-order valence-electron chi connectivity index (χ3n) is 3.32. The van der Waals surface area contributed by atoms with Crippen LogP contribution < -0.4 is 5.32 Å². The highest BCUT2D eigenvalue weighted by Gasteiger charge is 2.09. The van der Waals surface area contributed by atoms with Crippen LogP contribution in [0.3, 0.4) is 0 Å². The Morgan fingerprint density at radius 3 is 2.43 bits per heavy atom. The third-order valence-corrected chi connectivity index (χ3v) is 3.32. The summed E-state index contributed by atoms with van der Waals surface area (Å²) in [6, 6.07) is 2.13. The molecule has 0 unspecified atom stereocenters. The Hall–Kier alpha value is -1.75. The monoisotopic (exact) mass is 287 g/mol. The summed E-state index contributed by atoms with van der Waals surface area (Å²) in [4.78, 5) is 8.90. The average Bonchev–Trinajstić information content (AvgIpc) is 2.91. The Balaban J connectivity index is 2.09. The van der Waals surface area contributed by atoms with E-state index in [2.05, 4.69) is 54.1 Å². The topological polar surface area (TPSA) is 55.6 Å². The van der Waals surface area contributed by atoms with E-state index in [-0.39, 0.29) is 0 Å². The minimum atomic E-state index is 0.647. The molecule has 0 aliphatic rings. The van der Waals surface area contributed by atoms with Crippen LogP contribution in [-0.2, 0) is 19.4 Å². The number of nitrogens with zero attached hydrogens (tertiary/aromatic N) is 4. The fourth-order valence-electron chi connectivity index (χ4n) is 2.13. The largest absolute Gasteiger partial charge is 0.312 e. The SMILES string of the molecule is CCc1cc(CC)n(-c2ncc(CNCC(C)C)cn2)n1. The normalized spacial score (nSPS) is 11.3. The van der Waals surface area contributed by atoms with E-state index in [1.165, 1.54) is 0 Å². The minimum absolute atomic E-state index is 0.647. The smallest absolute Gasteiger partial charge is 0.250 e. The molecular weight excluding hydrogens is 262 g/mol. The molecule has 2 rings (SSSR count). The summed E-state index contributed by atoms with van der Waals surface area (Å²) in [7, 11) is 0. The molecule has 21 heavy (non-hydrogen) atoms. The molecule has 0 fully saturated rings. The van der Waals surface area contributed by atoms with E-state index in [1.54, 1.807) is 0 Å². The Bertz CT molecular complexity index is 557. The van der Waals surface area contributed by atoms with Crippen LogP contribution >= 0.6 is 0 Å². The molecule has 114 valence electrons. The van der Waals surface area contributed by atoms with E-state index >= 15 is 0 Å². The van der Waals surface area contributed by atoms with Gasteiger partial charge in [0.15, 0.2) is 0 Å². The molecule has 0 amide bonds. The van der Waals surface area contributed by atoms with Crippen LogP contribution in [0.15, 0.2) is 18.5 Å². The Morgan fingerprint density at radius 2 is 1.86 bits per heavy atom. The molecule has 1 N–H and O–H groups in total. The van der Waals surface area contributed by atoms with Crippen LogP contribution in [0.5, 0.6) is 0 Å². The highest BCUT2D eigenvalue weighted by atomic mass is 15.4. The molecule has 5 heteroatoms. The Morgan fingerprint density at radius 1 is 1.14 bits per heavy atom. The van der Waals surface area contributed by atoms with Crippen molar-refractivity contribution in [2.45, 2.75) is 47.1 Å². The van der Waals surface area contributed by atoms with E-state index in [0.717, 1.165) is 42.9 Å². The predicted octanol–water partition coefficient (Wildman–Crippen LogP) is 2.53. The van der Waals surface area contributed by atoms with Gasteiger partial charge in [-0.2, -0.15) is 5.10 Å². The van der Waals surface area contributed by atoms with Gasteiger partial charge in [0.2, 0.25) is 0 Å². The molecule has 2 aromatic heterocycles. The fourth-order valence-corrected chi connectivity index (χ4v) is 2.13. The molecular formula is C16H25N5. The first kappa shape index (κ1) is 15.6. The fraction of sp³-hybridized carbons (Fsp3) is 0.562. The zero-order valence-electron chi connectivity index (χ0n) is 13.4. The molecule has 0 aliphatic carbocycles. The van der Waals surface area contributed by atoms with E-state index in [4.69, 9.17) is 0 Å². The van der Waals surface area contributed by atoms with E-state index in [1.807, 2.05) is 17.1 Å². The van der Waals surface area contributed by atoms with Crippen molar-refractivity contribution in [2.24, 2.45) is 5.92 Å². The molecule has 0 aliphatic heterocycles. The van der Waals surface area contributed by atoms with Gasteiger partial charge in [-0.25, -0.2) is 14.6 Å². The summed E-state index contributed by atoms with van der Waals surface area (Å²) in [6.45, 7) is 10.4. The van der Waals surface area contributed by atoms with Crippen molar-refractivity contribution in [1.82, 2.24) is 25.1 Å². The molecule has 0 spiro atoms. The van der Waals surface area contributed by atoms with Crippen molar-refractivity contribution in [3.05, 3.63) is 35.4 Å². The summed E-state index contributed by atoms with van der Waals surface area (Å²) in [5, 5.41) is 7.95. The molecule has 0 radical (unpaired) electrons. The van der Waals surface area contributed by atoms with Crippen molar-refractivity contribution in [2.75, 3.05) is 6.54 Å². The quantitative estimate of drug-likeness (QED) is 0.850. The van der Waals surface area contributed by atoms with Crippen LogP contribution in [-0.4, -0.2) is 26.3 Å². The number of aromatic nitrogens is 4. The summed E-state index contributed by atoms with van der Waals surface area (Å²) >= 11 is 0. The lowest BCUT2D eigenvalue weighted by Crippen LogP contribution is -2.19. The van der Waals surface area contributed by atoms with Crippen LogP contribution in [0, 0.1) is 5.92 Å². The predicted molar refractivity (Wildman–Crippen MR) is 84.5 cm³/mol. The summed E-state index contributed by atoms with van der Waals surface area (Å²) in [6.07, 6.45) is 5.61. The number of nitrogens with one attached hydrogen (secondary N) is 1. The number of hydrogen-bond donors (Lipinski definition) is 1. The molecule has 5 nitrogen and oxygen atoms in total. The van der Waals surface area contributed by atoms with Gasteiger partial charge in [0, 0.05) is 30.2 Å². The van der Waals surface area contributed by atoms with E-state index in [9.17, 15) is 0 Å². The first-order valence-corrected chi connectivity index (χ1v) is 7.73. The third kappa shape index (κ3) is 4.11. The lowest BCUT2D eigenvalue weighted by molar-refractivity contribution is 0.551. The van der Waals surface area contributed by atoms with Crippen LogP contribution in [0.2, 0.25) is 0 Å². The Labute approximate surface area is 126 Å². The standard InChI is InChI=1S/C16H25N5/c1-5-14-7-15(6-2)21(20-14)16-18-10-13(11-19-16)9-17-8-12(3)4/h7,10-12,17H,5-6,8-9H2,1-4H3. The highest BCUT2D eigenvalue weighted by Crippen LogP contribution is 2.10. The van der Waals surface area contributed by atoms with Crippen molar-refractivity contribution >= 4 is 0 Å². The molecule has 2 aromatic rings. The second kappa shape index (κ2) is 7.31. The molecule has 0 saturated heterocycles. The number of aryl methyl sites for hydroxylation is 2. The maximum atomic E-state index is 4.56. The van der Waals surface area contributed by atoms with Crippen molar-refractivity contribution in [3.63, 3.8) is 0 Å². The second-order valence-electron chi connectivity index (χ2n) is 5.66. The number of rotatable bonds is 7. The molecule has 2 heterocycles. The maximum Gasteiger partial charge on any atom is 0.250 e. The van der Waals surface area contributed by atoms with Gasteiger partial charge in [0.05, 0.1) is 5.69 Å². The summed E-state index contributed by atoms with van der Waals surface area (Å²) in [5.41, 5.74) is 3.33. The average molecular weight is 287 g/mol. The van der Waals surface area contributed by atoms with Crippen LogP contribution in [0.4, 0.5) is 0 Å². The molecule has 0 saturated carbocycles. The van der Waals surface area contributed by atoms with E-state index < -0.39 is 0 Å². The van der Waals surface area contributed by atoms with Crippen molar-refractivity contribution in [3.8, 4) is 5.95 Å². The highest BCUT2D eigenvalue weighted by molar-refractivity contribution is 5.21. The van der Waals surface area contributed by atoms with Gasteiger partial charge in [-0.05, 0) is 31.4 Å². The van der Waals surface area contributed by atoms with Crippen LogP contribution in [0.1, 0.15) is 44.6 Å². The van der Waals surface area contributed by atoms with Gasteiger partial charge in [-0.3, -0.25) is 0 Å². The maximum absolute atomic E-state index is 4.56. The lowest BCUT2D eigenvalue weighted by atomic mass is 10.2. The van der Waals surface area contributed by atoms with Gasteiger partial charge in [0.25, 0.3) is 5.95 Å². The van der Waals surface area contributed by atoms with Gasteiger partial charge in [-0.15, -0.1) is 0 Å². The molecule has 0 aromatic carbocycles. The van der Waals surface area contributed by atoms with Gasteiger partial charge in [-0.1, -0.05) is 27.7 Å². The van der Waals surface area contributed by atoms with E-state index in [0.29, 0.717) is 11.9 Å². The summed E-state index contributed by atoms with van der Waals surface area (Å²) < 4.78 is 1.85.